The Labute approximate surface area is 138 Å². The highest BCUT2D eigenvalue weighted by molar-refractivity contribution is 6.35. The van der Waals surface area contributed by atoms with Crippen LogP contribution in [0.4, 0.5) is 11.4 Å². The maximum Gasteiger partial charge on any atom is 0.133 e. The summed E-state index contributed by atoms with van der Waals surface area (Å²) in [6, 6.07) is 12.8. The lowest BCUT2D eigenvalue weighted by atomic mass is 10.2. The Morgan fingerprint density at radius 3 is 2.52 bits per heavy atom. The molecule has 0 unspecified atom stereocenters. The highest BCUT2D eigenvalue weighted by atomic mass is 35.5. The van der Waals surface area contributed by atoms with Crippen molar-refractivity contribution in [3.05, 3.63) is 41.4 Å². The third-order valence-electron chi connectivity index (χ3n) is 3.95. The zero-order chi connectivity index (χ0) is 15.8. The highest BCUT2D eigenvalue weighted by Crippen LogP contribution is 2.24. The molecule has 1 fully saturated rings. The molecule has 7 heteroatoms. The molecule has 0 spiro atoms. The van der Waals surface area contributed by atoms with Crippen LogP contribution in [0.5, 0.6) is 0 Å². The quantitative estimate of drug-likeness (QED) is 0.703. The molecular formula is C16H16ClN6. The zero-order valence-electron chi connectivity index (χ0n) is 12.5. The van der Waals surface area contributed by atoms with Crippen LogP contribution in [-0.4, -0.2) is 41.2 Å². The van der Waals surface area contributed by atoms with Gasteiger partial charge >= 0.3 is 0 Å². The predicted molar refractivity (Wildman–Crippen MR) is 92.2 cm³/mol. The number of nitrogens with two attached hydrogens (primary N) is 1. The molecule has 2 heterocycles. The maximum absolute atomic E-state index is 6.16. The van der Waals surface area contributed by atoms with Crippen LogP contribution in [0.25, 0.3) is 16.7 Å². The summed E-state index contributed by atoms with van der Waals surface area (Å²) in [4.78, 5) is 3.92. The van der Waals surface area contributed by atoms with E-state index >= 15 is 0 Å². The van der Waals surface area contributed by atoms with Crippen molar-refractivity contribution in [1.82, 2.24) is 20.3 Å². The van der Waals surface area contributed by atoms with Gasteiger partial charge in [-0.25, -0.2) is 0 Å². The van der Waals surface area contributed by atoms with Crippen molar-refractivity contribution in [2.45, 2.75) is 0 Å². The first-order chi connectivity index (χ1) is 11.2. The van der Waals surface area contributed by atoms with Crippen molar-refractivity contribution in [3.8, 4) is 5.69 Å². The van der Waals surface area contributed by atoms with Gasteiger partial charge in [-0.3, -0.25) is 0 Å². The van der Waals surface area contributed by atoms with Crippen LogP contribution in [0.15, 0.2) is 30.3 Å². The number of aromatic nitrogens is 3. The lowest BCUT2D eigenvalue weighted by Gasteiger charge is -2.29. The Bertz CT molecular complexity index is 836. The minimum Gasteiger partial charge on any atom is -0.398 e. The summed E-state index contributed by atoms with van der Waals surface area (Å²) in [6.45, 7) is 4.08. The summed E-state index contributed by atoms with van der Waals surface area (Å²) < 4.78 is 0. The summed E-state index contributed by atoms with van der Waals surface area (Å²) in [6.07, 6.45) is 0. The number of halogens is 1. The topological polar surface area (TPSA) is 72.0 Å². The molecule has 1 aromatic heterocycles. The fourth-order valence-corrected chi connectivity index (χ4v) is 3.01. The van der Waals surface area contributed by atoms with Crippen molar-refractivity contribution in [2.24, 2.45) is 0 Å². The van der Waals surface area contributed by atoms with Gasteiger partial charge in [-0.05, 0) is 30.3 Å². The number of nitrogen functional groups attached to an aromatic ring is 1. The second-order valence-electron chi connectivity index (χ2n) is 5.51. The molecule has 3 N–H and O–H groups in total. The van der Waals surface area contributed by atoms with E-state index in [2.05, 4.69) is 38.6 Å². The standard InChI is InChI=1S/C16H16ClN6/c17-14-9-11(18)10-15-16(14)21-23(20-15)13-3-1-12(2-4-13)22-7-5-19-6-8-22/h1-4,9,19H,5-8,18H2. The highest BCUT2D eigenvalue weighted by Gasteiger charge is 2.12. The molecule has 1 aliphatic heterocycles. The molecule has 0 atom stereocenters. The molecular weight excluding hydrogens is 312 g/mol. The van der Waals surface area contributed by atoms with Crippen LogP contribution in [0.3, 0.4) is 0 Å². The summed E-state index contributed by atoms with van der Waals surface area (Å²) >= 11 is 6.16. The number of fused-ring (bicyclic) bond motifs is 1. The summed E-state index contributed by atoms with van der Waals surface area (Å²) in [7, 11) is 0. The number of benzene rings is 2. The Balaban J connectivity index is 1.66. The van der Waals surface area contributed by atoms with Crippen molar-refractivity contribution in [2.75, 3.05) is 36.8 Å². The first kappa shape index (κ1) is 14.3. The Kier molecular flexibility index (Phi) is 3.55. The van der Waals surface area contributed by atoms with Gasteiger partial charge in [0.15, 0.2) is 0 Å². The van der Waals surface area contributed by atoms with Crippen molar-refractivity contribution in [1.29, 1.82) is 0 Å². The largest absolute Gasteiger partial charge is 0.398 e. The van der Waals surface area contributed by atoms with Crippen LogP contribution in [0.2, 0.25) is 5.02 Å². The van der Waals surface area contributed by atoms with E-state index in [0.29, 0.717) is 21.7 Å². The van der Waals surface area contributed by atoms with E-state index in [0.717, 1.165) is 31.9 Å². The third kappa shape index (κ3) is 2.71. The van der Waals surface area contributed by atoms with E-state index in [1.54, 1.807) is 10.9 Å². The Morgan fingerprint density at radius 1 is 1.09 bits per heavy atom. The number of hydrogen-bond acceptors (Lipinski definition) is 5. The van der Waals surface area contributed by atoms with Crippen molar-refractivity contribution in [3.63, 3.8) is 0 Å². The van der Waals surface area contributed by atoms with Crippen LogP contribution in [0, 0.1) is 6.07 Å². The lowest BCUT2D eigenvalue weighted by Crippen LogP contribution is -2.43. The second-order valence-corrected chi connectivity index (χ2v) is 5.92. The number of anilines is 2. The molecule has 2 aromatic carbocycles. The second kappa shape index (κ2) is 5.72. The first-order valence-electron chi connectivity index (χ1n) is 7.51. The third-order valence-corrected chi connectivity index (χ3v) is 4.24. The molecule has 0 bridgehead atoms. The van der Waals surface area contributed by atoms with E-state index in [4.69, 9.17) is 17.3 Å². The smallest absolute Gasteiger partial charge is 0.133 e. The van der Waals surface area contributed by atoms with Gasteiger partial charge in [-0.1, -0.05) is 11.6 Å². The molecule has 1 radical (unpaired) electrons. The lowest BCUT2D eigenvalue weighted by molar-refractivity contribution is 0.589. The van der Waals surface area contributed by atoms with E-state index in [9.17, 15) is 0 Å². The molecule has 0 saturated carbocycles. The van der Waals surface area contributed by atoms with Gasteiger partial charge in [-0.2, -0.15) is 4.80 Å². The van der Waals surface area contributed by atoms with Crippen LogP contribution < -0.4 is 16.0 Å². The minimum atomic E-state index is 0.462. The van der Waals surface area contributed by atoms with Gasteiger partial charge in [0.2, 0.25) is 0 Å². The van der Waals surface area contributed by atoms with Crippen LogP contribution in [0.1, 0.15) is 0 Å². The maximum atomic E-state index is 6.16. The zero-order valence-corrected chi connectivity index (χ0v) is 13.2. The van der Waals surface area contributed by atoms with Crippen molar-refractivity contribution >= 4 is 34.0 Å². The van der Waals surface area contributed by atoms with Crippen LogP contribution >= 0.6 is 11.6 Å². The van der Waals surface area contributed by atoms with Crippen molar-refractivity contribution < 1.29 is 0 Å². The first-order valence-corrected chi connectivity index (χ1v) is 7.89. The molecule has 0 aliphatic carbocycles. The molecule has 117 valence electrons. The average Bonchev–Trinajstić information content (AvgIpc) is 3.00. The Morgan fingerprint density at radius 2 is 1.78 bits per heavy atom. The van der Waals surface area contributed by atoms with Gasteiger partial charge in [0.25, 0.3) is 0 Å². The normalized spacial score (nSPS) is 15.3. The molecule has 23 heavy (non-hydrogen) atoms. The molecule has 1 aliphatic rings. The van der Waals surface area contributed by atoms with E-state index in [1.165, 1.54) is 5.69 Å². The van der Waals surface area contributed by atoms with Gasteiger partial charge in [0.1, 0.15) is 11.0 Å². The molecule has 6 nitrogen and oxygen atoms in total. The fraction of sp³-hybridized carbons (Fsp3) is 0.250. The summed E-state index contributed by atoms with van der Waals surface area (Å²) in [5.41, 5.74) is 9.47. The number of nitrogens with zero attached hydrogens (tertiary/aromatic N) is 4. The van der Waals surface area contributed by atoms with Gasteiger partial charge < -0.3 is 16.0 Å². The summed E-state index contributed by atoms with van der Waals surface area (Å²) in [5.74, 6) is 0. The Hall–Kier alpha value is -2.31. The van der Waals surface area contributed by atoms with Gasteiger partial charge in [0, 0.05) is 43.6 Å². The van der Waals surface area contributed by atoms with Crippen LogP contribution in [-0.2, 0) is 0 Å². The molecule has 1 saturated heterocycles. The monoisotopic (exact) mass is 327 g/mol. The SMILES string of the molecule is Nc1[c]c2nn(-c3ccc(N4CCNCC4)cc3)nc2c(Cl)c1. The van der Waals surface area contributed by atoms with Gasteiger partial charge in [-0.15, -0.1) is 10.2 Å². The predicted octanol–water partition coefficient (Wildman–Crippen LogP) is 1.87. The number of nitrogens with one attached hydrogen (secondary N) is 1. The molecule has 0 amide bonds. The van der Waals surface area contributed by atoms with E-state index in [-0.39, 0.29) is 0 Å². The minimum absolute atomic E-state index is 0.462. The fourth-order valence-electron chi connectivity index (χ4n) is 2.76. The van der Waals surface area contributed by atoms with E-state index in [1.807, 2.05) is 12.1 Å². The number of hydrogen-bond donors (Lipinski definition) is 2. The molecule has 3 aromatic rings. The number of rotatable bonds is 2. The van der Waals surface area contributed by atoms with E-state index < -0.39 is 0 Å². The summed E-state index contributed by atoms with van der Waals surface area (Å²) in [5, 5.41) is 12.7. The number of piperazine rings is 1. The van der Waals surface area contributed by atoms with Gasteiger partial charge in [0.05, 0.1) is 10.7 Å². The average molecular weight is 328 g/mol. The molecule has 4 rings (SSSR count).